The van der Waals surface area contributed by atoms with E-state index in [0.29, 0.717) is 12.1 Å². The lowest BCUT2D eigenvalue weighted by molar-refractivity contribution is 0.0195. The van der Waals surface area contributed by atoms with Crippen LogP contribution in [0, 0.1) is 5.82 Å². The number of ketones is 1. The number of halogens is 1. The van der Waals surface area contributed by atoms with E-state index < -0.39 is 0 Å². The Bertz CT molecular complexity index is 1030. The Labute approximate surface area is 190 Å². The fourth-order valence-electron chi connectivity index (χ4n) is 4.74. The van der Waals surface area contributed by atoms with Crippen molar-refractivity contribution in [2.75, 3.05) is 13.1 Å². The van der Waals surface area contributed by atoms with Crippen LogP contribution in [0.3, 0.4) is 0 Å². The molecule has 3 aromatic rings. The van der Waals surface area contributed by atoms with Gasteiger partial charge in [-0.3, -0.25) is 14.6 Å². The van der Waals surface area contributed by atoms with Crippen molar-refractivity contribution < 1.29 is 9.18 Å². The molecule has 32 heavy (non-hydrogen) atoms. The lowest BCUT2D eigenvalue weighted by Crippen LogP contribution is -2.56. The average Bonchev–Trinajstić information content (AvgIpc) is 2.80. The van der Waals surface area contributed by atoms with E-state index in [2.05, 4.69) is 60.0 Å². The van der Waals surface area contributed by atoms with Crippen molar-refractivity contribution >= 4 is 5.78 Å². The van der Waals surface area contributed by atoms with Crippen LogP contribution in [0.25, 0.3) is 0 Å². The summed E-state index contributed by atoms with van der Waals surface area (Å²) < 4.78 is 13.3. The van der Waals surface area contributed by atoms with Gasteiger partial charge in [-0.15, -0.1) is 0 Å². The summed E-state index contributed by atoms with van der Waals surface area (Å²) in [6.45, 7) is 8.84. The molecule has 1 heterocycles. The highest BCUT2D eigenvalue weighted by atomic mass is 19.1. The van der Waals surface area contributed by atoms with Crippen molar-refractivity contribution in [3.05, 3.63) is 107 Å². The number of nitrogens with zero attached hydrogens (tertiary/aromatic N) is 2. The lowest BCUT2D eigenvalue weighted by atomic mass is 9.92. The Hall–Kier alpha value is -2.82. The summed E-state index contributed by atoms with van der Waals surface area (Å²) in [7, 11) is 0. The van der Waals surface area contributed by atoms with Gasteiger partial charge in [0.2, 0.25) is 0 Å². The topological polar surface area (TPSA) is 23.6 Å². The van der Waals surface area contributed by atoms with E-state index >= 15 is 0 Å². The fraction of sp³-hybridized carbons (Fsp3) is 0.321. The van der Waals surface area contributed by atoms with E-state index in [9.17, 15) is 9.18 Å². The molecule has 4 rings (SSSR count). The van der Waals surface area contributed by atoms with Gasteiger partial charge in [-0.2, -0.15) is 0 Å². The number of rotatable bonds is 6. The number of piperazine rings is 1. The molecule has 0 saturated carbocycles. The molecule has 1 aliphatic heterocycles. The number of benzene rings is 3. The van der Waals surface area contributed by atoms with Crippen molar-refractivity contribution in [2.45, 2.75) is 45.4 Å². The van der Waals surface area contributed by atoms with Crippen molar-refractivity contribution in [3.8, 4) is 0 Å². The molecule has 0 aromatic heterocycles. The predicted molar refractivity (Wildman–Crippen MR) is 127 cm³/mol. The molecule has 3 nitrogen and oxygen atoms in total. The molecule has 0 spiro atoms. The van der Waals surface area contributed by atoms with Crippen LogP contribution in [0.5, 0.6) is 0 Å². The van der Waals surface area contributed by atoms with Crippen LogP contribution in [-0.2, 0) is 6.54 Å². The van der Waals surface area contributed by atoms with Crippen LogP contribution in [0.4, 0.5) is 4.39 Å². The lowest BCUT2D eigenvalue weighted by Gasteiger charge is -2.47. The Morgan fingerprint density at radius 2 is 1.50 bits per heavy atom. The summed E-state index contributed by atoms with van der Waals surface area (Å²) in [5.74, 6) is -0.106. The van der Waals surface area contributed by atoms with Gasteiger partial charge in [0, 0.05) is 37.3 Å². The van der Waals surface area contributed by atoms with E-state index in [4.69, 9.17) is 0 Å². The van der Waals surface area contributed by atoms with Gasteiger partial charge in [0.25, 0.3) is 0 Å². The Morgan fingerprint density at radius 1 is 0.875 bits per heavy atom. The molecule has 0 radical (unpaired) electrons. The first-order valence-electron chi connectivity index (χ1n) is 11.3. The average molecular weight is 431 g/mol. The van der Waals surface area contributed by atoms with Gasteiger partial charge >= 0.3 is 0 Å². The van der Waals surface area contributed by atoms with Crippen molar-refractivity contribution in [2.24, 2.45) is 0 Å². The molecule has 0 amide bonds. The quantitative estimate of drug-likeness (QED) is 0.468. The highest BCUT2D eigenvalue weighted by Gasteiger charge is 2.34. The molecule has 0 bridgehead atoms. The minimum atomic E-state index is -0.193. The van der Waals surface area contributed by atoms with E-state index in [1.165, 1.54) is 23.3 Å². The first kappa shape index (κ1) is 22.4. The molecule has 0 N–H and O–H groups in total. The van der Waals surface area contributed by atoms with Gasteiger partial charge in [-0.25, -0.2) is 4.39 Å². The summed E-state index contributed by atoms with van der Waals surface area (Å²) in [5, 5.41) is 0. The van der Waals surface area contributed by atoms with Crippen LogP contribution in [0.1, 0.15) is 53.9 Å². The molecule has 4 heteroatoms. The minimum Gasteiger partial charge on any atom is -0.295 e. The number of carbonyl (C=O) groups excluding carboxylic acids is 1. The summed E-state index contributed by atoms with van der Waals surface area (Å²) >= 11 is 0. The number of hydrogen-bond donors (Lipinski definition) is 0. The molecule has 3 atom stereocenters. The van der Waals surface area contributed by atoms with E-state index in [1.807, 2.05) is 30.3 Å². The second kappa shape index (κ2) is 9.76. The summed E-state index contributed by atoms with van der Waals surface area (Å²) in [4.78, 5) is 16.8. The first-order chi connectivity index (χ1) is 15.4. The maximum Gasteiger partial charge on any atom is 0.159 e. The molecule has 1 saturated heterocycles. The monoisotopic (exact) mass is 430 g/mol. The zero-order valence-electron chi connectivity index (χ0n) is 19.0. The molecule has 0 unspecified atom stereocenters. The largest absolute Gasteiger partial charge is 0.295 e. The van der Waals surface area contributed by atoms with Gasteiger partial charge in [-0.05, 0) is 49.6 Å². The second-order valence-electron chi connectivity index (χ2n) is 8.94. The molecule has 1 aliphatic rings. The van der Waals surface area contributed by atoms with Crippen LogP contribution in [0.15, 0.2) is 78.9 Å². The van der Waals surface area contributed by atoms with Gasteiger partial charge in [0.1, 0.15) is 5.82 Å². The van der Waals surface area contributed by atoms with Crippen LogP contribution in [0.2, 0.25) is 0 Å². The van der Waals surface area contributed by atoms with Gasteiger partial charge < -0.3 is 0 Å². The number of hydrogen-bond acceptors (Lipinski definition) is 3. The Morgan fingerprint density at radius 3 is 2.12 bits per heavy atom. The molecule has 3 aromatic carbocycles. The SMILES string of the molecule is CC(=O)c1ccc([C@@H](c2ccccc2)N2C[C@@H](C)N(Cc3ccc(F)cc3)C[C@@H]2C)cc1. The maximum absolute atomic E-state index is 13.3. The fourth-order valence-corrected chi connectivity index (χ4v) is 4.74. The van der Waals surface area contributed by atoms with Crippen LogP contribution in [-0.4, -0.2) is 40.8 Å². The van der Waals surface area contributed by atoms with Gasteiger partial charge in [-0.1, -0.05) is 66.7 Å². The minimum absolute atomic E-state index is 0.0872. The Kier molecular flexibility index (Phi) is 6.83. The second-order valence-corrected chi connectivity index (χ2v) is 8.94. The van der Waals surface area contributed by atoms with Crippen LogP contribution < -0.4 is 0 Å². The normalized spacial score (nSPS) is 20.8. The van der Waals surface area contributed by atoms with E-state index in [0.717, 1.165) is 30.8 Å². The molecular formula is C28H31FN2O. The zero-order chi connectivity index (χ0) is 22.7. The Balaban J connectivity index is 1.59. The molecule has 166 valence electrons. The number of carbonyl (C=O) groups is 1. The van der Waals surface area contributed by atoms with Crippen molar-refractivity contribution in [3.63, 3.8) is 0 Å². The van der Waals surface area contributed by atoms with E-state index in [-0.39, 0.29) is 17.6 Å². The molecular weight excluding hydrogens is 399 g/mol. The third kappa shape index (κ3) is 4.98. The molecule has 0 aliphatic carbocycles. The van der Waals surface area contributed by atoms with Crippen molar-refractivity contribution in [1.29, 1.82) is 0 Å². The highest BCUT2D eigenvalue weighted by molar-refractivity contribution is 5.94. The zero-order valence-corrected chi connectivity index (χ0v) is 19.0. The summed E-state index contributed by atoms with van der Waals surface area (Å²) in [5.41, 5.74) is 4.34. The van der Waals surface area contributed by atoms with Crippen molar-refractivity contribution in [1.82, 2.24) is 9.80 Å². The third-order valence-electron chi connectivity index (χ3n) is 6.54. The van der Waals surface area contributed by atoms with E-state index in [1.54, 1.807) is 6.92 Å². The summed E-state index contributed by atoms with van der Waals surface area (Å²) in [6, 6.07) is 26.3. The van der Waals surface area contributed by atoms with Gasteiger partial charge in [0.15, 0.2) is 5.78 Å². The molecule has 1 fully saturated rings. The summed E-state index contributed by atoms with van der Waals surface area (Å²) in [6.07, 6.45) is 0. The first-order valence-corrected chi connectivity index (χ1v) is 11.3. The maximum atomic E-state index is 13.3. The van der Waals surface area contributed by atoms with Gasteiger partial charge in [0.05, 0.1) is 6.04 Å². The standard InChI is InChI=1S/C28H31FN2O/c1-20-18-31(21(2)17-30(20)19-23-9-15-27(29)16-10-23)28(25-7-5-4-6-8-25)26-13-11-24(12-14-26)22(3)32/h4-16,20-21,28H,17-19H2,1-3H3/t20-,21+,28-/m1/s1. The van der Waals surface area contributed by atoms with Crippen LogP contribution >= 0.6 is 0 Å². The predicted octanol–water partition coefficient (Wildman–Crippen LogP) is 5.71. The smallest absolute Gasteiger partial charge is 0.159 e. The highest BCUT2D eigenvalue weighted by Crippen LogP contribution is 2.33. The number of Topliss-reactive ketones (excluding diaryl/α,β-unsaturated/α-hetero) is 1. The third-order valence-corrected chi connectivity index (χ3v) is 6.54.